The minimum Gasteiger partial charge on any atom is -0.479 e. The number of aromatic nitrogens is 12. The molecule has 0 radical (unpaired) electrons. The number of amides is 9. The van der Waals surface area contributed by atoms with Crippen LogP contribution in [-0.4, -0.2) is 345 Å². The largest absolute Gasteiger partial charge is 0.479 e. The Labute approximate surface area is 747 Å². The van der Waals surface area contributed by atoms with Gasteiger partial charge in [0.25, 0.3) is 17.7 Å². The molecule has 60 heteroatoms. The monoisotopic (exact) mass is 1940 g/mol. The number of rotatable bonds is 36. The van der Waals surface area contributed by atoms with Gasteiger partial charge >= 0.3 is 56.2 Å². The average Bonchev–Trinajstić information content (AvgIpc) is 1.60. The van der Waals surface area contributed by atoms with Crippen LogP contribution in [-0.2, 0) is 84.5 Å². The second kappa shape index (κ2) is 40.9. The Bertz CT molecular complexity index is 4820. The van der Waals surface area contributed by atoms with Crippen molar-refractivity contribution in [2.45, 2.75) is 210 Å². The summed E-state index contributed by atoms with van der Waals surface area (Å²) in [5, 5.41) is 81.2. The number of hydrogen-bond acceptors (Lipinski definition) is 45. The molecule has 6 aliphatic heterocycles. The molecule has 129 heavy (non-hydrogen) atoms. The summed E-state index contributed by atoms with van der Waals surface area (Å²) in [4.78, 5) is 150. The number of fused-ring (bicyclic) bond motifs is 3. The average molecular weight is 1940 g/mol. The third-order valence-corrected chi connectivity index (χ3v) is 32.7. The van der Waals surface area contributed by atoms with E-state index in [9.17, 15) is 87.5 Å². The molecule has 6 aromatic rings. The molecule has 9 unspecified atom stereocenters. The van der Waals surface area contributed by atoms with Gasteiger partial charge in [0.1, 0.15) is 89.7 Å². The predicted molar refractivity (Wildman–Crippen MR) is 455 cm³/mol. The number of imidazole rings is 3. The van der Waals surface area contributed by atoms with Gasteiger partial charge in [-0.2, -0.15) is 29.9 Å². The maximum atomic E-state index is 14.0. The zero-order valence-electron chi connectivity index (χ0n) is 72.9. The number of nitrogen functional groups attached to an aromatic ring is 3. The Balaban J connectivity index is 0.000000201. The number of carbonyl (C=O) groups is 9. The summed E-state index contributed by atoms with van der Waals surface area (Å²) in [7, 11) is 8.36. The molecule has 9 amide bonds. The molecular formula is C69H105N24O30P3S3. The molecule has 0 spiro atoms. The fourth-order valence-corrected chi connectivity index (χ4v) is 25.3. The first-order valence-electron chi connectivity index (χ1n) is 39.4. The first-order valence-corrected chi connectivity index (χ1v) is 49.0. The van der Waals surface area contributed by atoms with Crippen LogP contribution in [0.1, 0.15) is 102 Å². The number of carbonyl (C=O) groups excluding carboxylic acids is 9. The number of urea groups is 3. The van der Waals surface area contributed by atoms with Gasteiger partial charge in [0, 0.05) is 38.4 Å². The predicted octanol–water partition coefficient (Wildman–Crippen LogP) is -0.707. The number of aliphatic hydroxyl groups is 6. The highest BCUT2D eigenvalue weighted by atomic mass is 32.7. The van der Waals surface area contributed by atoms with Gasteiger partial charge in [-0.1, -0.05) is 34.1 Å². The Morgan fingerprint density at radius 1 is 0.450 bits per heavy atom. The van der Waals surface area contributed by atoms with E-state index in [1.54, 1.807) is 41.5 Å². The number of nitrogens with two attached hydrogens (primary N) is 3. The van der Waals surface area contributed by atoms with Crippen molar-refractivity contribution in [2.24, 2.45) is 0 Å². The summed E-state index contributed by atoms with van der Waals surface area (Å²) in [6, 6.07) is -7.97. The van der Waals surface area contributed by atoms with E-state index in [0.717, 1.165) is 14.7 Å². The molecule has 6 saturated heterocycles. The lowest BCUT2D eigenvalue weighted by molar-refractivity contribution is -0.149. The van der Waals surface area contributed by atoms with E-state index in [1.165, 1.54) is 117 Å². The molecule has 21 atom stereocenters. The number of ether oxygens (including phenoxy) is 9. The third-order valence-electron chi connectivity index (χ3n) is 20.4. The molecule has 6 aliphatic rings. The molecule has 18 N–H and O–H groups in total. The molecule has 714 valence electrons. The van der Waals surface area contributed by atoms with E-state index in [2.05, 4.69) is 76.1 Å². The van der Waals surface area contributed by atoms with Gasteiger partial charge in [-0.15, -0.1) is 0 Å². The SMILES string of the molecule is COc1nc(N)nc2c1ncn2[C@@H]1OC(COP(=O)(NC(C)C(=O)OC(C)C)SCC2C(=O)NC(=O)N2C)[C@@H](O)[C@@]1(C)O.COc1nc(N)nc2c1ncn2[C@@H]1OC(COP(=O)(N[C@H](C)C(=O)OC(C)C)SCC2C(=O)NC(=O)N2C)[C@@H](O)[C@@]1(C)O.COc1nc(N)nc2c1ncn2[C@@H]1OC(CO[P@@](=O)(N[C@H](C)C(=O)OC(C)C)SCC2C(=O)NC(=O)N2C)[C@@H](O)[C@@]1(C)O. The summed E-state index contributed by atoms with van der Waals surface area (Å²) in [5.41, 5.74) is 12.8. The van der Waals surface area contributed by atoms with Crippen LogP contribution in [0.3, 0.4) is 0 Å². The normalized spacial score (nSPS) is 27.9. The van der Waals surface area contributed by atoms with Crippen molar-refractivity contribution in [1.82, 2.24) is 104 Å². The highest BCUT2D eigenvalue weighted by molar-refractivity contribution is 8.56. The maximum Gasteiger partial charge on any atom is 0.327 e. The summed E-state index contributed by atoms with van der Waals surface area (Å²) in [5.74, 6) is -4.39. The van der Waals surface area contributed by atoms with Gasteiger partial charge in [-0.25, -0.2) is 44.6 Å². The Kier molecular flexibility index (Phi) is 32.3. The number of hydrogen-bond donors (Lipinski definition) is 15. The first kappa shape index (κ1) is 102. The lowest BCUT2D eigenvalue weighted by Gasteiger charge is -2.27. The van der Waals surface area contributed by atoms with Gasteiger partial charge in [0.2, 0.25) is 35.5 Å². The van der Waals surface area contributed by atoms with E-state index in [4.69, 9.17) is 73.4 Å². The van der Waals surface area contributed by atoms with Crippen molar-refractivity contribution in [3.05, 3.63) is 19.0 Å². The van der Waals surface area contributed by atoms with Gasteiger partial charge in [-0.05, 0) is 83.1 Å². The summed E-state index contributed by atoms with van der Waals surface area (Å²) in [6.45, 7) is 4.48. The van der Waals surface area contributed by atoms with Crippen molar-refractivity contribution in [3.63, 3.8) is 0 Å². The second-order valence-corrected chi connectivity index (χ2v) is 44.3. The van der Waals surface area contributed by atoms with Crippen molar-refractivity contribution in [2.75, 3.05) is 96.8 Å². The quantitative estimate of drug-likeness (QED) is 0.01000. The van der Waals surface area contributed by atoms with Crippen LogP contribution in [0.15, 0.2) is 19.0 Å². The lowest BCUT2D eigenvalue weighted by Crippen LogP contribution is -2.44. The Morgan fingerprint density at radius 2 is 0.682 bits per heavy atom. The van der Waals surface area contributed by atoms with Crippen LogP contribution in [0.5, 0.6) is 17.6 Å². The van der Waals surface area contributed by atoms with Crippen LogP contribution in [0.2, 0.25) is 0 Å². The number of imide groups is 3. The fraction of sp³-hybridized carbons (Fsp3) is 0.652. The van der Waals surface area contributed by atoms with E-state index in [0.29, 0.717) is 34.1 Å². The molecule has 12 rings (SSSR count). The molecule has 0 bridgehead atoms. The zero-order valence-corrected chi connectivity index (χ0v) is 78.0. The number of anilines is 3. The molecule has 54 nitrogen and oxygen atoms in total. The molecule has 6 aromatic heterocycles. The van der Waals surface area contributed by atoms with Crippen molar-refractivity contribution in [3.8, 4) is 17.6 Å². The number of likely N-dealkylation sites (N-methyl/N-ethyl adjacent to an activating group) is 3. The van der Waals surface area contributed by atoms with Crippen molar-refractivity contribution < 1.29 is 144 Å². The van der Waals surface area contributed by atoms with Crippen LogP contribution >= 0.6 is 54.3 Å². The summed E-state index contributed by atoms with van der Waals surface area (Å²) >= 11 is 2.06. The summed E-state index contributed by atoms with van der Waals surface area (Å²) < 4.78 is 112. The van der Waals surface area contributed by atoms with E-state index < -0.39 is 220 Å². The van der Waals surface area contributed by atoms with Gasteiger partial charge in [0.05, 0.1) is 78.4 Å². The highest BCUT2D eigenvalue weighted by Gasteiger charge is 2.58. The number of nitrogens with one attached hydrogen (secondary N) is 6. The second-order valence-electron chi connectivity index (χ2n) is 31.4. The number of methoxy groups -OCH3 is 3. The molecule has 0 saturated carbocycles. The number of esters is 3. The van der Waals surface area contributed by atoms with Gasteiger partial charge in [0.15, 0.2) is 52.2 Å². The number of nitrogens with zero attached hydrogens (tertiary/aromatic N) is 15. The van der Waals surface area contributed by atoms with E-state index in [1.807, 2.05) is 0 Å². The van der Waals surface area contributed by atoms with Crippen molar-refractivity contribution >= 4 is 159 Å². The standard InChI is InChI=1S/3C23H35N8O10PS/c3*1-10(2)40-19(34)11(3)29-42(37,43-8-12-17(33)27-22(35)30(12)5)39-7-13-15(32)23(4,36)20(41-13)31-9-25-14-16(31)26-21(24)28-18(14)38-6/h3*9-13,15,20,32,36H,7-8H2,1-6H3,(H,29,37)(H2,24,26,28)(H,27,33,35)/t11?,12?,13?,15-,20-,23-,42?;11-,12?,13?,15-,20-,23-,42?;11-,12?,13?,15-,20-,23-,42+/m111/s1. The lowest BCUT2D eigenvalue weighted by atomic mass is 9.96. The smallest absolute Gasteiger partial charge is 0.327 e. The molecular weight excluding hydrogens is 1830 g/mol. The topological polar surface area (TPSA) is 728 Å². The molecule has 0 aromatic carbocycles. The minimum absolute atomic E-state index is 0.0942. The zero-order chi connectivity index (χ0) is 95.6. The van der Waals surface area contributed by atoms with Crippen molar-refractivity contribution in [1.29, 1.82) is 0 Å². The van der Waals surface area contributed by atoms with E-state index >= 15 is 0 Å². The van der Waals surface area contributed by atoms with E-state index in [-0.39, 0.29) is 86.2 Å². The first-order chi connectivity index (χ1) is 60.2. The maximum absolute atomic E-state index is 14.0. The molecule has 0 aliphatic carbocycles. The van der Waals surface area contributed by atoms with Crippen LogP contribution in [0.25, 0.3) is 33.5 Å². The van der Waals surface area contributed by atoms with Crippen LogP contribution in [0.4, 0.5) is 32.2 Å². The third kappa shape index (κ3) is 22.8. The van der Waals surface area contributed by atoms with Gasteiger partial charge < -0.3 is 119 Å². The molecule has 6 fully saturated rings. The highest BCUT2D eigenvalue weighted by Crippen LogP contribution is 2.60. The van der Waals surface area contributed by atoms with Gasteiger partial charge in [-0.3, -0.25) is 72.1 Å². The van der Waals surface area contributed by atoms with Crippen LogP contribution < -0.4 is 62.6 Å². The summed E-state index contributed by atoms with van der Waals surface area (Å²) in [6.07, 6.45) is -9.48. The minimum atomic E-state index is -4.05. The Morgan fingerprint density at radius 3 is 0.884 bits per heavy atom. The number of aliphatic hydroxyl groups excluding tert-OH is 3. The Hall–Kier alpha value is -9.18. The van der Waals surface area contributed by atoms with Crippen LogP contribution in [0, 0.1) is 0 Å². The molecule has 12 heterocycles. The fourth-order valence-electron chi connectivity index (χ4n) is 13.4.